The Morgan fingerprint density at radius 1 is 0.821 bits per heavy atom. The molecule has 0 aromatic rings. The first-order chi connectivity index (χ1) is 12.7. The van der Waals surface area contributed by atoms with E-state index in [1.165, 1.54) is 69.1 Å². The number of carbonyl (C=O) groups excluding carboxylic acids is 1. The summed E-state index contributed by atoms with van der Waals surface area (Å²) >= 11 is 0. The maximum atomic E-state index is 11.8. The van der Waals surface area contributed by atoms with E-state index in [0.29, 0.717) is 6.42 Å². The summed E-state index contributed by atoms with van der Waals surface area (Å²) in [7, 11) is -2.69. The van der Waals surface area contributed by atoms with Gasteiger partial charge < -0.3 is 9.45 Å². The van der Waals surface area contributed by atoms with Gasteiger partial charge in [0.15, 0.2) is 0 Å². The summed E-state index contributed by atoms with van der Waals surface area (Å²) in [5, 5.41) is 0. The van der Waals surface area contributed by atoms with E-state index in [1.807, 2.05) is 0 Å². The predicted molar refractivity (Wildman–Crippen MR) is 112 cm³/mol. The fourth-order valence-electron chi connectivity index (χ4n) is 3.16. The Labute approximate surface area is 196 Å². The molecule has 0 N–H and O–H groups in total. The SMILES string of the molecule is CC(C)CCCCCCCCCCCCCCC(=O)N(C)CCS(=O)(=O)[O-].[Na+]. The standard InChI is InChI=1S/C21H43NO4S.Na/c1-20(2)16-14-12-10-8-6-4-5-7-9-11-13-15-17-21(23)22(3)18-19-27(24,25)26;/h20H,4-19H2,1-3H3,(H,24,25,26);/q;+1/p-1. The van der Waals surface area contributed by atoms with Crippen LogP contribution in [0.2, 0.25) is 0 Å². The average Bonchev–Trinajstić information content (AvgIpc) is 2.58. The van der Waals surface area contributed by atoms with Crippen molar-refractivity contribution in [2.75, 3.05) is 19.3 Å². The second-order valence-corrected chi connectivity index (χ2v) is 9.78. The molecule has 0 heterocycles. The minimum atomic E-state index is -4.25. The minimum Gasteiger partial charge on any atom is -0.748 e. The fourth-order valence-corrected chi connectivity index (χ4v) is 3.66. The van der Waals surface area contributed by atoms with Crippen LogP contribution >= 0.6 is 0 Å². The molecular formula is C21H42NNaO4S. The van der Waals surface area contributed by atoms with Crippen molar-refractivity contribution in [3.8, 4) is 0 Å². The van der Waals surface area contributed by atoms with E-state index in [1.54, 1.807) is 7.05 Å². The van der Waals surface area contributed by atoms with Crippen molar-refractivity contribution in [1.29, 1.82) is 0 Å². The van der Waals surface area contributed by atoms with Gasteiger partial charge in [-0.3, -0.25) is 4.79 Å². The molecule has 0 spiro atoms. The predicted octanol–water partition coefficient (Wildman–Crippen LogP) is 2.11. The maximum absolute atomic E-state index is 11.8. The summed E-state index contributed by atoms with van der Waals surface area (Å²) in [6.45, 7) is 4.58. The molecule has 0 radical (unpaired) electrons. The van der Waals surface area contributed by atoms with E-state index in [4.69, 9.17) is 0 Å². The summed E-state index contributed by atoms with van der Waals surface area (Å²) in [6.07, 6.45) is 16.9. The molecule has 0 aliphatic rings. The zero-order chi connectivity index (χ0) is 20.5. The number of hydrogen-bond acceptors (Lipinski definition) is 4. The molecule has 0 atom stereocenters. The Bertz CT molecular complexity index is 469. The van der Waals surface area contributed by atoms with E-state index in [9.17, 15) is 17.8 Å². The number of nitrogens with zero attached hydrogens (tertiary/aromatic N) is 1. The van der Waals surface area contributed by atoms with Crippen LogP contribution in [0.25, 0.3) is 0 Å². The van der Waals surface area contributed by atoms with Crippen molar-refractivity contribution in [1.82, 2.24) is 4.90 Å². The van der Waals surface area contributed by atoms with E-state index in [-0.39, 0.29) is 42.0 Å². The fraction of sp³-hybridized carbons (Fsp3) is 0.952. The molecule has 0 aliphatic carbocycles. The van der Waals surface area contributed by atoms with Gasteiger partial charge >= 0.3 is 29.6 Å². The molecule has 7 heteroatoms. The van der Waals surface area contributed by atoms with Crippen molar-refractivity contribution in [3.05, 3.63) is 0 Å². The first-order valence-electron chi connectivity index (χ1n) is 10.9. The largest absolute Gasteiger partial charge is 1.00 e. The molecule has 0 bridgehead atoms. The van der Waals surface area contributed by atoms with Gasteiger partial charge in [0.25, 0.3) is 0 Å². The van der Waals surface area contributed by atoms with Crippen molar-refractivity contribution >= 4 is 16.0 Å². The van der Waals surface area contributed by atoms with Crippen LogP contribution in [0, 0.1) is 5.92 Å². The van der Waals surface area contributed by atoms with E-state index >= 15 is 0 Å². The van der Waals surface area contributed by atoms with Crippen LogP contribution in [-0.2, 0) is 14.9 Å². The van der Waals surface area contributed by atoms with Crippen LogP contribution in [0.4, 0.5) is 0 Å². The van der Waals surface area contributed by atoms with E-state index in [0.717, 1.165) is 25.2 Å². The maximum Gasteiger partial charge on any atom is 1.00 e. The van der Waals surface area contributed by atoms with Crippen LogP contribution in [0.15, 0.2) is 0 Å². The molecule has 0 aliphatic heterocycles. The number of carbonyl (C=O) groups is 1. The number of amides is 1. The molecule has 0 fully saturated rings. The first-order valence-corrected chi connectivity index (χ1v) is 12.5. The Kier molecular flexibility index (Phi) is 21.1. The van der Waals surface area contributed by atoms with Gasteiger partial charge in [-0.2, -0.15) is 0 Å². The number of unbranched alkanes of at least 4 members (excludes halogenated alkanes) is 11. The summed E-state index contributed by atoms with van der Waals surface area (Å²) in [4.78, 5) is 13.2. The minimum absolute atomic E-state index is 0. The van der Waals surface area contributed by atoms with E-state index < -0.39 is 15.9 Å². The van der Waals surface area contributed by atoms with Crippen molar-refractivity contribution < 1.29 is 47.3 Å². The topological polar surface area (TPSA) is 77.5 Å². The Morgan fingerprint density at radius 2 is 1.21 bits per heavy atom. The number of hydrogen-bond donors (Lipinski definition) is 0. The van der Waals surface area contributed by atoms with Crippen molar-refractivity contribution in [2.45, 2.75) is 104 Å². The first kappa shape index (κ1) is 30.6. The van der Waals surface area contributed by atoms with Crippen molar-refractivity contribution in [2.24, 2.45) is 5.92 Å². The second-order valence-electron chi connectivity index (χ2n) is 8.25. The second kappa shape index (κ2) is 19.3. The van der Waals surface area contributed by atoms with E-state index in [2.05, 4.69) is 13.8 Å². The molecule has 0 aromatic carbocycles. The molecule has 1 amide bonds. The normalized spacial score (nSPS) is 11.5. The summed E-state index contributed by atoms with van der Waals surface area (Å²) < 4.78 is 31.7. The van der Waals surface area contributed by atoms with Gasteiger partial charge in [-0.15, -0.1) is 0 Å². The quantitative estimate of drug-likeness (QED) is 0.191. The van der Waals surface area contributed by atoms with Gasteiger partial charge in [0.1, 0.15) is 0 Å². The van der Waals surface area contributed by atoms with Gasteiger partial charge in [-0.25, -0.2) is 8.42 Å². The molecule has 5 nitrogen and oxygen atoms in total. The zero-order valence-electron chi connectivity index (χ0n) is 18.9. The van der Waals surface area contributed by atoms with Crippen LogP contribution < -0.4 is 29.6 Å². The molecule has 0 rings (SSSR count). The summed E-state index contributed by atoms with van der Waals surface area (Å²) in [6, 6.07) is 0. The Balaban J connectivity index is 0. The zero-order valence-corrected chi connectivity index (χ0v) is 21.7. The monoisotopic (exact) mass is 427 g/mol. The average molecular weight is 428 g/mol. The Morgan fingerprint density at radius 3 is 1.61 bits per heavy atom. The third-order valence-electron chi connectivity index (χ3n) is 5.02. The summed E-state index contributed by atoms with van der Waals surface area (Å²) in [5.41, 5.74) is 0. The molecule has 162 valence electrons. The van der Waals surface area contributed by atoms with Gasteiger partial charge in [-0.05, 0) is 12.3 Å². The smallest absolute Gasteiger partial charge is 0.748 e. The van der Waals surface area contributed by atoms with Gasteiger partial charge in [0, 0.05) is 20.0 Å². The molecule has 28 heavy (non-hydrogen) atoms. The van der Waals surface area contributed by atoms with Crippen molar-refractivity contribution in [3.63, 3.8) is 0 Å². The molecular weight excluding hydrogens is 385 g/mol. The van der Waals surface area contributed by atoms with Crippen LogP contribution in [-0.4, -0.2) is 43.1 Å². The van der Waals surface area contributed by atoms with Gasteiger partial charge in [0.05, 0.1) is 15.9 Å². The number of rotatable bonds is 18. The van der Waals surface area contributed by atoms with Crippen LogP contribution in [0.5, 0.6) is 0 Å². The van der Waals surface area contributed by atoms with Gasteiger partial charge in [0.2, 0.25) is 5.91 Å². The molecule has 0 unspecified atom stereocenters. The summed E-state index contributed by atoms with van der Waals surface area (Å²) in [5.74, 6) is 0.256. The molecule has 0 aromatic heterocycles. The van der Waals surface area contributed by atoms with Crippen LogP contribution in [0.3, 0.4) is 0 Å². The third kappa shape index (κ3) is 22.7. The van der Waals surface area contributed by atoms with Crippen LogP contribution in [0.1, 0.15) is 104 Å². The Hall–Kier alpha value is 0.380. The molecule has 0 saturated heterocycles. The third-order valence-corrected chi connectivity index (χ3v) is 5.71. The van der Waals surface area contributed by atoms with Gasteiger partial charge in [-0.1, -0.05) is 90.9 Å². The molecule has 0 saturated carbocycles.